The van der Waals surface area contributed by atoms with Crippen LogP contribution in [-0.4, -0.2) is 29.5 Å². The molecule has 1 aliphatic heterocycles. The third-order valence-corrected chi connectivity index (χ3v) is 5.68. The molecule has 1 saturated heterocycles. The van der Waals surface area contributed by atoms with Crippen molar-refractivity contribution < 1.29 is 19.2 Å². The van der Waals surface area contributed by atoms with Crippen LogP contribution in [0.25, 0.3) is 0 Å². The van der Waals surface area contributed by atoms with E-state index in [1.165, 1.54) is 4.90 Å². The predicted molar refractivity (Wildman–Crippen MR) is 111 cm³/mol. The van der Waals surface area contributed by atoms with Gasteiger partial charge in [0.25, 0.3) is 0 Å². The van der Waals surface area contributed by atoms with Gasteiger partial charge in [0.2, 0.25) is 0 Å². The zero-order valence-corrected chi connectivity index (χ0v) is 17.5. The highest BCUT2D eigenvalue weighted by molar-refractivity contribution is 9.10. The SMILES string of the molecule is CC1(C)OB(c2ccc(N(Cc3cccc(Br)c3)C(=O)O)cc2)OC1(C)C. The molecule has 5 nitrogen and oxygen atoms in total. The summed E-state index contributed by atoms with van der Waals surface area (Å²) in [6, 6.07) is 14.9. The molecule has 1 aliphatic rings. The molecule has 0 radical (unpaired) electrons. The van der Waals surface area contributed by atoms with Crippen LogP contribution in [0.15, 0.2) is 53.0 Å². The van der Waals surface area contributed by atoms with Gasteiger partial charge >= 0.3 is 13.2 Å². The van der Waals surface area contributed by atoms with Crippen LogP contribution < -0.4 is 10.4 Å². The van der Waals surface area contributed by atoms with E-state index in [0.29, 0.717) is 5.69 Å². The monoisotopic (exact) mass is 431 g/mol. The van der Waals surface area contributed by atoms with Crippen molar-refractivity contribution in [3.8, 4) is 0 Å². The smallest absolute Gasteiger partial charge is 0.465 e. The number of halogens is 1. The van der Waals surface area contributed by atoms with Crippen LogP contribution in [0.5, 0.6) is 0 Å². The maximum atomic E-state index is 11.8. The van der Waals surface area contributed by atoms with Crippen molar-refractivity contribution in [3.05, 3.63) is 58.6 Å². The fraction of sp³-hybridized carbons (Fsp3) is 0.350. The normalized spacial score (nSPS) is 17.7. The molecule has 1 N–H and O–H groups in total. The second kappa shape index (κ2) is 7.30. The highest BCUT2D eigenvalue weighted by Crippen LogP contribution is 2.36. The molecule has 142 valence electrons. The van der Waals surface area contributed by atoms with Crippen LogP contribution in [-0.2, 0) is 15.9 Å². The lowest BCUT2D eigenvalue weighted by molar-refractivity contribution is 0.00578. The van der Waals surface area contributed by atoms with Gasteiger partial charge in [0.05, 0.1) is 17.7 Å². The molecule has 1 fully saturated rings. The molecule has 1 amide bonds. The molecule has 2 aromatic rings. The standard InChI is InChI=1S/C20H23BBrNO4/c1-19(2)20(3,4)27-21(26-19)15-8-10-17(11-9-15)23(18(24)25)13-14-6-5-7-16(22)12-14/h5-12H,13H2,1-4H3,(H,24,25). The topological polar surface area (TPSA) is 59.0 Å². The minimum atomic E-state index is -1.00. The lowest BCUT2D eigenvalue weighted by Gasteiger charge is -2.32. The number of hydrogen-bond acceptors (Lipinski definition) is 3. The first-order valence-corrected chi connectivity index (χ1v) is 9.59. The van der Waals surface area contributed by atoms with Gasteiger partial charge < -0.3 is 14.4 Å². The van der Waals surface area contributed by atoms with Crippen LogP contribution in [0.2, 0.25) is 0 Å². The van der Waals surface area contributed by atoms with E-state index in [2.05, 4.69) is 15.9 Å². The zero-order chi connectivity index (χ0) is 19.8. The van der Waals surface area contributed by atoms with Gasteiger partial charge in [-0.2, -0.15) is 0 Å². The Morgan fingerprint density at radius 2 is 1.67 bits per heavy atom. The van der Waals surface area contributed by atoms with E-state index in [-0.39, 0.29) is 6.54 Å². The Hall–Kier alpha value is -1.83. The van der Waals surface area contributed by atoms with Crippen molar-refractivity contribution in [2.45, 2.75) is 45.4 Å². The number of benzene rings is 2. The van der Waals surface area contributed by atoms with Gasteiger partial charge in [0.1, 0.15) is 0 Å². The maximum Gasteiger partial charge on any atom is 0.494 e. The summed E-state index contributed by atoms with van der Waals surface area (Å²) in [5, 5.41) is 9.64. The minimum Gasteiger partial charge on any atom is -0.465 e. The van der Waals surface area contributed by atoms with Crippen molar-refractivity contribution in [3.63, 3.8) is 0 Å². The van der Waals surface area contributed by atoms with E-state index < -0.39 is 24.4 Å². The Labute approximate surface area is 168 Å². The van der Waals surface area contributed by atoms with Crippen LogP contribution in [0, 0.1) is 0 Å². The fourth-order valence-electron chi connectivity index (χ4n) is 2.88. The second-order valence-corrected chi connectivity index (χ2v) is 8.59. The molecule has 0 unspecified atom stereocenters. The summed E-state index contributed by atoms with van der Waals surface area (Å²) in [6.45, 7) is 8.29. The molecule has 7 heteroatoms. The summed E-state index contributed by atoms with van der Waals surface area (Å²) in [4.78, 5) is 13.1. The molecule has 0 bridgehead atoms. The zero-order valence-electron chi connectivity index (χ0n) is 15.9. The summed E-state index contributed by atoms with van der Waals surface area (Å²) < 4.78 is 13.0. The first-order chi connectivity index (χ1) is 12.6. The molecular weight excluding hydrogens is 409 g/mol. The average Bonchev–Trinajstić information content (AvgIpc) is 2.80. The number of carbonyl (C=O) groups is 1. The lowest BCUT2D eigenvalue weighted by Crippen LogP contribution is -2.41. The summed E-state index contributed by atoms with van der Waals surface area (Å²) in [7, 11) is -0.465. The predicted octanol–water partition coefficient (Wildman–Crippen LogP) is 4.43. The molecule has 0 saturated carbocycles. The number of anilines is 1. The second-order valence-electron chi connectivity index (χ2n) is 7.68. The van der Waals surface area contributed by atoms with Crippen molar-refractivity contribution in [2.75, 3.05) is 4.90 Å². The van der Waals surface area contributed by atoms with Crippen LogP contribution in [0.1, 0.15) is 33.3 Å². The number of carboxylic acid groups (broad SMARTS) is 1. The Bertz CT molecular complexity index is 822. The van der Waals surface area contributed by atoms with Crippen molar-refractivity contribution in [1.29, 1.82) is 0 Å². The van der Waals surface area contributed by atoms with Gasteiger partial charge in [-0.05, 0) is 63.0 Å². The first-order valence-electron chi connectivity index (χ1n) is 8.79. The van der Waals surface area contributed by atoms with E-state index in [1.54, 1.807) is 12.1 Å². The van der Waals surface area contributed by atoms with E-state index in [4.69, 9.17) is 9.31 Å². The molecule has 0 atom stereocenters. The van der Waals surface area contributed by atoms with Gasteiger partial charge in [0, 0.05) is 10.2 Å². The van der Waals surface area contributed by atoms with Crippen LogP contribution in [0.4, 0.5) is 10.5 Å². The van der Waals surface area contributed by atoms with E-state index in [9.17, 15) is 9.90 Å². The van der Waals surface area contributed by atoms with Gasteiger partial charge in [-0.15, -0.1) is 0 Å². The lowest BCUT2D eigenvalue weighted by atomic mass is 9.79. The highest BCUT2D eigenvalue weighted by Gasteiger charge is 2.51. The molecule has 0 spiro atoms. The Kier molecular flexibility index (Phi) is 5.39. The third-order valence-electron chi connectivity index (χ3n) is 5.19. The van der Waals surface area contributed by atoms with E-state index >= 15 is 0 Å². The van der Waals surface area contributed by atoms with Crippen LogP contribution in [0.3, 0.4) is 0 Å². The van der Waals surface area contributed by atoms with Gasteiger partial charge in [0.15, 0.2) is 0 Å². The molecule has 3 rings (SSSR count). The first kappa shape index (κ1) is 19.9. The van der Waals surface area contributed by atoms with E-state index in [1.807, 2.05) is 64.1 Å². The molecular formula is C20H23BBrNO4. The summed E-state index contributed by atoms with van der Waals surface area (Å²) in [5.41, 5.74) is 1.55. The quantitative estimate of drug-likeness (QED) is 0.727. The fourth-order valence-corrected chi connectivity index (χ4v) is 3.32. The molecule has 1 heterocycles. The Balaban J connectivity index is 1.79. The van der Waals surface area contributed by atoms with Gasteiger partial charge in [-0.3, -0.25) is 4.90 Å². The number of rotatable bonds is 4. The van der Waals surface area contributed by atoms with Crippen molar-refractivity contribution in [1.82, 2.24) is 0 Å². The maximum absolute atomic E-state index is 11.8. The number of nitrogens with zero attached hydrogens (tertiary/aromatic N) is 1. The van der Waals surface area contributed by atoms with Crippen LogP contribution >= 0.6 is 15.9 Å². The van der Waals surface area contributed by atoms with Crippen molar-refractivity contribution >= 4 is 40.3 Å². The minimum absolute atomic E-state index is 0.268. The number of hydrogen-bond donors (Lipinski definition) is 1. The summed E-state index contributed by atoms with van der Waals surface area (Å²) in [6.07, 6.45) is -1.00. The highest BCUT2D eigenvalue weighted by atomic mass is 79.9. The van der Waals surface area contributed by atoms with Crippen molar-refractivity contribution in [2.24, 2.45) is 0 Å². The average molecular weight is 432 g/mol. The molecule has 0 aliphatic carbocycles. The Morgan fingerprint density at radius 3 is 2.19 bits per heavy atom. The van der Waals surface area contributed by atoms with Gasteiger partial charge in [-0.25, -0.2) is 4.79 Å². The molecule has 2 aromatic carbocycles. The van der Waals surface area contributed by atoms with E-state index in [0.717, 1.165) is 15.5 Å². The Morgan fingerprint density at radius 1 is 1.07 bits per heavy atom. The summed E-state index contributed by atoms with van der Waals surface area (Å²) >= 11 is 3.42. The number of amides is 1. The van der Waals surface area contributed by atoms with Gasteiger partial charge in [-0.1, -0.05) is 40.2 Å². The summed E-state index contributed by atoms with van der Waals surface area (Å²) in [5.74, 6) is 0. The molecule has 27 heavy (non-hydrogen) atoms. The molecule has 0 aromatic heterocycles. The third kappa shape index (κ3) is 4.20. The largest absolute Gasteiger partial charge is 0.494 e.